The van der Waals surface area contributed by atoms with Gasteiger partial charge in [0.2, 0.25) is 0 Å². The van der Waals surface area contributed by atoms with Gasteiger partial charge >= 0.3 is 0 Å². The molecule has 0 unspecified atom stereocenters. The Balaban J connectivity index is 0.00000208. The van der Waals surface area contributed by atoms with Gasteiger partial charge in [0.15, 0.2) is 5.96 Å². The lowest BCUT2D eigenvalue weighted by atomic mass is 10.2. The van der Waals surface area contributed by atoms with Crippen molar-refractivity contribution < 1.29 is 0 Å². The summed E-state index contributed by atoms with van der Waals surface area (Å²) in [5, 5.41) is 10.3. The molecule has 1 aliphatic rings. The summed E-state index contributed by atoms with van der Waals surface area (Å²) in [6.45, 7) is 7.58. The SMILES string of the molecule is CCNC(=NCc1ccn[nH]1)N1CCN(c2ccccc2)CC1.I. The van der Waals surface area contributed by atoms with Crippen LogP contribution in [0.2, 0.25) is 0 Å². The van der Waals surface area contributed by atoms with Crippen LogP contribution in [0.25, 0.3) is 0 Å². The number of benzene rings is 1. The number of piperazine rings is 1. The third-order valence-electron chi connectivity index (χ3n) is 3.99. The largest absolute Gasteiger partial charge is 0.368 e. The second-order valence-electron chi connectivity index (χ2n) is 5.56. The lowest BCUT2D eigenvalue weighted by molar-refractivity contribution is 0.372. The number of halogens is 1. The van der Waals surface area contributed by atoms with Gasteiger partial charge in [-0.3, -0.25) is 5.10 Å². The van der Waals surface area contributed by atoms with Crippen molar-refractivity contribution in [1.29, 1.82) is 0 Å². The van der Waals surface area contributed by atoms with Crippen LogP contribution < -0.4 is 10.2 Å². The molecule has 2 N–H and O–H groups in total. The highest BCUT2D eigenvalue weighted by molar-refractivity contribution is 14.0. The van der Waals surface area contributed by atoms with Gasteiger partial charge in [0, 0.05) is 44.6 Å². The molecule has 2 aromatic rings. The highest BCUT2D eigenvalue weighted by atomic mass is 127. The Labute approximate surface area is 160 Å². The van der Waals surface area contributed by atoms with Gasteiger partial charge in [-0.25, -0.2) is 4.99 Å². The summed E-state index contributed by atoms with van der Waals surface area (Å²) in [7, 11) is 0. The quantitative estimate of drug-likeness (QED) is 0.436. The molecule has 0 atom stereocenters. The molecular formula is C17H25IN6. The van der Waals surface area contributed by atoms with Gasteiger partial charge < -0.3 is 15.1 Å². The van der Waals surface area contributed by atoms with E-state index in [-0.39, 0.29) is 24.0 Å². The van der Waals surface area contributed by atoms with Crippen LogP contribution in [-0.4, -0.2) is 53.8 Å². The molecule has 1 aliphatic heterocycles. The van der Waals surface area contributed by atoms with Crippen molar-refractivity contribution in [1.82, 2.24) is 20.4 Å². The van der Waals surface area contributed by atoms with Crippen LogP contribution >= 0.6 is 24.0 Å². The van der Waals surface area contributed by atoms with Crippen LogP contribution in [-0.2, 0) is 6.54 Å². The van der Waals surface area contributed by atoms with Crippen LogP contribution in [0.4, 0.5) is 5.69 Å². The molecular weight excluding hydrogens is 415 g/mol. The second kappa shape index (κ2) is 9.51. The van der Waals surface area contributed by atoms with Crippen LogP contribution in [0.1, 0.15) is 12.6 Å². The predicted molar refractivity (Wildman–Crippen MR) is 109 cm³/mol. The van der Waals surface area contributed by atoms with Gasteiger partial charge in [0.05, 0.1) is 12.2 Å². The number of anilines is 1. The highest BCUT2D eigenvalue weighted by Crippen LogP contribution is 2.15. The number of rotatable bonds is 4. The minimum absolute atomic E-state index is 0. The molecule has 24 heavy (non-hydrogen) atoms. The fraction of sp³-hybridized carbons (Fsp3) is 0.412. The Morgan fingerprint density at radius 2 is 1.92 bits per heavy atom. The summed E-state index contributed by atoms with van der Waals surface area (Å²) in [5.74, 6) is 0.981. The molecule has 1 fully saturated rings. The zero-order valence-electron chi connectivity index (χ0n) is 14.0. The number of hydrogen-bond acceptors (Lipinski definition) is 3. The number of nitrogens with zero attached hydrogens (tertiary/aromatic N) is 4. The van der Waals surface area contributed by atoms with Gasteiger partial charge in [-0.1, -0.05) is 18.2 Å². The van der Waals surface area contributed by atoms with E-state index in [0.717, 1.165) is 44.4 Å². The summed E-state index contributed by atoms with van der Waals surface area (Å²) >= 11 is 0. The van der Waals surface area contributed by atoms with Gasteiger partial charge in [-0.15, -0.1) is 24.0 Å². The summed E-state index contributed by atoms with van der Waals surface area (Å²) in [6, 6.07) is 12.6. The second-order valence-corrected chi connectivity index (χ2v) is 5.56. The first kappa shape index (κ1) is 18.6. The first-order valence-electron chi connectivity index (χ1n) is 8.18. The Kier molecular flexibility index (Phi) is 7.36. The van der Waals surface area contributed by atoms with Crippen LogP contribution in [0.3, 0.4) is 0 Å². The van der Waals surface area contributed by atoms with Crippen LogP contribution in [0, 0.1) is 0 Å². The summed E-state index contributed by atoms with van der Waals surface area (Å²) in [6.07, 6.45) is 1.76. The Hall–Kier alpha value is -1.77. The number of nitrogens with one attached hydrogen (secondary N) is 2. The van der Waals surface area contributed by atoms with E-state index in [1.54, 1.807) is 6.20 Å². The van der Waals surface area contributed by atoms with Crippen molar-refractivity contribution in [3.63, 3.8) is 0 Å². The van der Waals surface area contributed by atoms with Gasteiger partial charge in [0.25, 0.3) is 0 Å². The third kappa shape index (κ3) is 4.86. The zero-order valence-corrected chi connectivity index (χ0v) is 16.3. The monoisotopic (exact) mass is 440 g/mol. The first-order valence-corrected chi connectivity index (χ1v) is 8.18. The van der Waals surface area contributed by atoms with Crippen LogP contribution in [0.5, 0.6) is 0 Å². The maximum absolute atomic E-state index is 4.72. The van der Waals surface area contributed by atoms with E-state index in [1.807, 2.05) is 6.07 Å². The van der Waals surface area contributed by atoms with Crippen molar-refractivity contribution in [3.05, 3.63) is 48.3 Å². The molecule has 0 saturated carbocycles. The summed E-state index contributed by atoms with van der Waals surface area (Å²) < 4.78 is 0. The number of aromatic nitrogens is 2. The summed E-state index contributed by atoms with van der Waals surface area (Å²) in [4.78, 5) is 9.48. The molecule has 2 heterocycles. The molecule has 0 bridgehead atoms. The molecule has 0 radical (unpaired) electrons. The van der Waals surface area contributed by atoms with E-state index in [4.69, 9.17) is 4.99 Å². The van der Waals surface area contributed by atoms with E-state index >= 15 is 0 Å². The van der Waals surface area contributed by atoms with Gasteiger partial charge in [-0.2, -0.15) is 5.10 Å². The Bertz CT molecular complexity index is 605. The Morgan fingerprint density at radius 3 is 2.54 bits per heavy atom. The van der Waals surface area contributed by atoms with E-state index < -0.39 is 0 Å². The number of hydrogen-bond donors (Lipinski definition) is 2. The average Bonchev–Trinajstić information content (AvgIpc) is 3.13. The maximum Gasteiger partial charge on any atom is 0.194 e. The molecule has 130 valence electrons. The van der Waals surface area contributed by atoms with Gasteiger partial charge in [0.1, 0.15) is 0 Å². The molecule has 1 aromatic heterocycles. The molecule has 0 spiro atoms. The first-order chi connectivity index (χ1) is 11.4. The topological polar surface area (TPSA) is 59.6 Å². The number of para-hydroxylation sites is 1. The van der Waals surface area contributed by atoms with Crippen molar-refractivity contribution in [3.8, 4) is 0 Å². The lowest BCUT2D eigenvalue weighted by Gasteiger charge is -2.37. The van der Waals surface area contributed by atoms with Crippen molar-refractivity contribution in [2.24, 2.45) is 4.99 Å². The molecule has 0 amide bonds. The number of aliphatic imine (C=N–C) groups is 1. The van der Waals surface area contributed by atoms with Crippen LogP contribution in [0.15, 0.2) is 47.6 Å². The molecule has 1 aromatic carbocycles. The van der Waals surface area contributed by atoms with E-state index in [0.29, 0.717) is 6.54 Å². The number of aromatic amines is 1. The number of H-pyrrole nitrogens is 1. The molecule has 1 saturated heterocycles. The predicted octanol–water partition coefficient (Wildman–Crippen LogP) is 2.32. The number of guanidine groups is 1. The van der Waals surface area contributed by atoms with Crippen molar-refractivity contribution >= 4 is 35.6 Å². The zero-order chi connectivity index (χ0) is 15.9. The standard InChI is InChI=1S/C17H24N6.HI/c1-2-18-17(19-14-15-8-9-20-21-15)23-12-10-22(11-13-23)16-6-4-3-5-7-16;/h3-9H,2,10-14H2,1H3,(H,18,19)(H,20,21);1H. The highest BCUT2D eigenvalue weighted by Gasteiger charge is 2.19. The fourth-order valence-corrected chi connectivity index (χ4v) is 2.77. The van der Waals surface area contributed by atoms with E-state index in [2.05, 4.69) is 62.6 Å². The smallest absolute Gasteiger partial charge is 0.194 e. The molecule has 3 rings (SSSR count). The molecule has 0 aliphatic carbocycles. The minimum atomic E-state index is 0. The Morgan fingerprint density at radius 1 is 1.17 bits per heavy atom. The van der Waals surface area contributed by atoms with E-state index in [9.17, 15) is 0 Å². The minimum Gasteiger partial charge on any atom is -0.368 e. The molecule has 6 nitrogen and oxygen atoms in total. The third-order valence-corrected chi connectivity index (χ3v) is 3.99. The van der Waals surface area contributed by atoms with Crippen molar-refractivity contribution in [2.45, 2.75) is 13.5 Å². The van der Waals surface area contributed by atoms with Crippen molar-refractivity contribution in [2.75, 3.05) is 37.6 Å². The fourth-order valence-electron chi connectivity index (χ4n) is 2.77. The summed E-state index contributed by atoms with van der Waals surface area (Å²) in [5.41, 5.74) is 2.33. The van der Waals surface area contributed by atoms with Gasteiger partial charge in [-0.05, 0) is 25.1 Å². The van der Waals surface area contributed by atoms with E-state index in [1.165, 1.54) is 5.69 Å². The maximum atomic E-state index is 4.72. The normalized spacial score (nSPS) is 15.1. The molecule has 7 heteroatoms. The average molecular weight is 440 g/mol. The lowest BCUT2D eigenvalue weighted by Crippen LogP contribution is -2.52.